The second kappa shape index (κ2) is 6.47. The fourth-order valence-corrected chi connectivity index (χ4v) is 1.97. The van der Waals surface area contributed by atoms with Crippen molar-refractivity contribution < 1.29 is 4.79 Å². The van der Waals surface area contributed by atoms with Gasteiger partial charge in [-0.2, -0.15) is 0 Å². The lowest BCUT2D eigenvalue weighted by molar-refractivity contribution is -0.118. The van der Waals surface area contributed by atoms with Gasteiger partial charge in [0.1, 0.15) is 5.78 Å². The number of hydrogen-bond donors (Lipinski definition) is 0. The van der Waals surface area contributed by atoms with E-state index in [1.807, 2.05) is 6.92 Å². The van der Waals surface area contributed by atoms with Gasteiger partial charge in [-0.25, -0.2) is 0 Å². The Balaban J connectivity index is 2.71. The maximum atomic E-state index is 11.3. The first-order valence-corrected chi connectivity index (χ1v) is 6.33. The van der Waals surface area contributed by atoms with Crippen molar-refractivity contribution in [2.45, 2.75) is 52.9 Å². The van der Waals surface area contributed by atoms with Gasteiger partial charge in [0.05, 0.1) is 0 Å². The predicted molar refractivity (Wildman–Crippen MR) is 68.8 cm³/mol. The van der Waals surface area contributed by atoms with Crippen LogP contribution < -0.4 is 0 Å². The Bertz CT molecular complexity index is 352. The second-order valence-corrected chi connectivity index (χ2v) is 4.20. The first-order valence-electron chi connectivity index (χ1n) is 6.33. The molecule has 0 amide bonds. The molecule has 1 nitrogen and oxygen atoms in total. The highest BCUT2D eigenvalue weighted by Crippen LogP contribution is 2.15. The standard InChI is InChI=1S/C15H22O/c1-4-13-9-7-12(11-14(13)5-2)8-10-15(16)6-3/h7,9,11H,4-6,8,10H2,1-3H3. The summed E-state index contributed by atoms with van der Waals surface area (Å²) in [5, 5.41) is 0. The third-order valence-corrected chi connectivity index (χ3v) is 3.12. The van der Waals surface area contributed by atoms with Gasteiger partial charge in [0.15, 0.2) is 0 Å². The van der Waals surface area contributed by atoms with Crippen molar-refractivity contribution in [1.82, 2.24) is 0 Å². The van der Waals surface area contributed by atoms with Crippen LogP contribution in [0.3, 0.4) is 0 Å². The Labute approximate surface area is 98.9 Å². The van der Waals surface area contributed by atoms with Crippen LogP contribution >= 0.6 is 0 Å². The molecule has 0 N–H and O–H groups in total. The summed E-state index contributed by atoms with van der Waals surface area (Å²) in [4.78, 5) is 11.3. The summed E-state index contributed by atoms with van der Waals surface area (Å²) in [5.74, 6) is 0.359. The van der Waals surface area contributed by atoms with Gasteiger partial charge in [0.25, 0.3) is 0 Å². The van der Waals surface area contributed by atoms with Crippen LogP contribution in [0.15, 0.2) is 18.2 Å². The van der Waals surface area contributed by atoms with E-state index in [1.165, 1.54) is 16.7 Å². The summed E-state index contributed by atoms with van der Waals surface area (Å²) in [6.45, 7) is 6.31. The molecular weight excluding hydrogens is 196 g/mol. The van der Waals surface area contributed by atoms with E-state index in [-0.39, 0.29) is 0 Å². The number of hydrogen-bond acceptors (Lipinski definition) is 1. The molecular formula is C15H22O. The van der Waals surface area contributed by atoms with Gasteiger partial charge >= 0.3 is 0 Å². The summed E-state index contributed by atoms with van der Waals surface area (Å²) >= 11 is 0. The number of carbonyl (C=O) groups is 1. The van der Waals surface area contributed by atoms with E-state index in [2.05, 4.69) is 32.0 Å². The average Bonchev–Trinajstić information content (AvgIpc) is 2.35. The van der Waals surface area contributed by atoms with Crippen molar-refractivity contribution >= 4 is 5.78 Å². The Morgan fingerprint density at radius 3 is 2.31 bits per heavy atom. The van der Waals surface area contributed by atoms with Crippen molar-refractivity contribution in [3.05, 3.63) is 34.9 Å². The van der Waals surface area contributed by atoms with E-state index < -0.39 is 0 Å². The molecule has 0 atom stereocenters. The molecule has 88 valence electrons. The second-order valence-electron chi connectivity index (χ2n) is 4.20. The normalized spacial score (nSPS) is 10.4. The minimum atomic E-state index is 0.359. The fraction of sp³-hybridized carbons (Fsp3) is 0.533. The van der Waals surface area contributed by atoms with Gasteiger partial charge in [-0.05, 0) is 36.0 Å². The third-order valence-electron chi connectivity index (χ3n) is 3.12. The molecule has 0 heterocycles. The Morgan fingerprint density at radius 2 is 1.75 bits per heavy atom. The number of rotatable bonds is 6. The van der Waals surface area contributed by atoms with Crippen LogP contribution in [-0.2, 0) is 24.1 Å². The van der Waals surface area contributed by atoms with E-state index in [0.29, 0.717) is 18.6 Å². The summed E-state index contributed by atoms with van der Waals surface area (Å²) in [6, 6.07) is 6.65. The number of ketones is 1. The highest BCUT2D eigenvalue weighted by atomic mass is 16.1. The minimum absolute atomic E-state index is 0.359. The first-order chi connectivity index (χ1) is 7.71. The zero-order chi connectivity index (χ0) is 12.0. The number of carbonyl (C=O) groups excluding carboxylic acids is 1. The number of benzene rings is 1. The topological polar surface area (TPSA) is 17.1 Å². The number of Topliss-reactive ketones (excluding diaryl/α,β-unsaturated/α-hetero) is 1. The van der Waals surface area contributed by atoms with Crippen LogP contribution in [0, 0.1) is 0 Å². The van der Waals surface area contributed by atoms with Crippen molar-refractivity contribution in [1.29, 1.82) is 0 Å². The molecule has 0 bridgehead atoms. The molecule has 1 rings (SSSR count). The molecule has 0 fully saturated rings. The lowest BCUT2D eigenvalue weighted by Crippen LogP contribution is -1.99. The summed E-state index contributed by atoms with van der Waals surface area (Å²) < 4.78 is 0. The van der Waals surface area contributed by atoms with Crippen LogP contribution in [0.4, 0.5) is 0 Å². The molecule has 0 saturated carbocycles. The van der Waals surface area contributed by atoms with Crippen LogP contribution in [-0.4, -0.2) is 5.78 Å². The SMILES string of the molecule is CCC(=O)CCc1ccc(CC)c(CC)c1. The largest absolute Gasteiger partial charge is 0.300 e. The minimum Gasteiger partial charge on any atom is -0.300 e. The summed E-state index contributed by atoms with van der Waals surface area (Å²) in [5.41, 5.74) is 4.17. The molecule has 0 aliphatic rings. The lowest BCUT2D eigenvalue weighted by atomic mass is 9.97. The zero-order valence-electron chi connectivity index (χ0n) is 10.7. The number of aryl methyl sites for hydroxylation is 3. The molecule has 1 aromatic rings. The first kappa shape index (κ1) is 13.0. The van der Waals surface area contributed by atoms with Crippen molar-refractivity contribution in [3.63, 3.8) is 0 Å². The van der Waals surface area contributed by atoms with Gasteiger partial charge in [0.2, 0.25) is 0 Å². The monoisotopic (exact) mass is 218 g/mol. The Morgan fingerprint density at radius 1 is 1.06 bits per heavy atom. The lowest BCUT2D eigenvalue weighted by Gasteiger charge is -2.08. The molecule has 1 aromatic carbocycles. The van der Waals surface area contributed by atoms with E-state index >= 15 is 0 Å². The molecule has 16 heavy (non-hydrogen) atoms. The molecule has 0 unspecified atom stereocenters. The van der Waals surface area contributed by atoms with Gasteiger partial charge in [0, 0.05) is 12.8 Å². The molecule has 0 saturated heterocycles. The molecule has 0 spiro atoms. The van der Waals surface area contributed by atoms with Crippen molar-refractivity contribution in [2.75, 3.05) is 0 Å². The van der Waals surface area contributed by atoms with E-state index in [9.17, 15) is 4.79 Å². The molecule has 0 aliphatic carbocycles. The van der Waals surface area contributed by atoms with Crippen LogP contribution in [0.5, 0.6) is 0 Å². The quantitative estimate of drug-likeness (QED) is 0.711. The van der Waals surface area contributed by atoms with Gasteiger partial charge in [-0.3, -0.25) is 4.79 Å². The molecule has 0 aliphatic heterocycles. The van der Waals surface area contributed by atoms with E-state index in [4.69, 9.17) is 0 Å². The average molecular weight is 218 g/mol. The van der Waals surface area contributed by atoms with Gasteiger partial charge in [-0.15, -0.1) is 0 Å². The zero-order valence-corrected chi connectivity index (χ0v) is 10.7. The molecule has 1 heteroatoms. The van der Waals surface area contributed by atoms with Crippen LogP contribution in [0.1, 0.15) is 50.3 Å². The van der Waals surface area contributed by atoms with Crippen molar-refractivity contribution in [2.24, 2.45) is 0 Å². The highest BCUT2D eigenvalue weighted by Gasteiger charge is 2.03. The fourth-order valence-electron chi connectivity index (χ4n) is 1.97. The van der Waals surface area contributed by atoms with Crippen molar-refractivity contribution in [3.8, 4) is 0 Å². The van der Waals surface area contributed by atoms with E-state index in [1.54, 1.807) is 0 Å². The molecule has 0 radical (unpaired) electrons. The van der Waals surface area contributed by atoms with Gasteiger partial charge in [-0.1, -0.05) is 39.0 Å². The maximum absolute atomic E-state index is 11.3. The van der Waals surface area contributed by atoms with E-state index in [0.717, 1.165) is 19.3 Å². The summed E-state index contributed by atoms with van der Waals surface area (Å²) in [6.07, 6.45) is 4.42. The summed E-state index contributed by atoms with van der Waals surface area (Å²) in [7, 11) is 0. The third kappa shape index (κ3) is 3.48. The Kier molecular flexibility index (Phi) is 5.24. The van der Waals surface area contributed by atoms with Gasteiger partial charge < -0.3 is 0 Å². The maximum Gasteiger partial charge on any atom is 0.132 e. The predicted octanol–water partition coefficient (Wildman–Crippen LogP) is 3.72. The highest BCUT2D eigenvalue weighted by molar-refractivity contribution is 5.78. The smallest absolute Gasteiger partial charge is 0.132 e. The van der Waals surface area contributed by atoms with Crippen LogP contribution in [0.2, 0.25) is 0 Å². The Hall–Kier alpha value is -1.11. The van der Waals surface area contributed by atoms with Crippen LogP contribution in [0.25, 0.3) is 0 Å². The molecule has 0 aromatic heterocycles.